The number of aliphatic hydroxyl groups is 1. The fraction of sp³-hybridized carbons (Fsp3) is 1.00. The van der Waals surface area contributed by atoms with Gasteiger partial charge in [0.25, 0.3) is 0 Å². The van der Waals surface area contributed by atoms with Crippen LogP contribution in [-0.4, -0.2) is 22.9 Å². The molecule has 0 spiro atoms. The van der Waals surface area contributed by atoms with E-state index in [1.54, 1.807) is 0 Å². The molecule has 1 saturated heterocycles. The van der Waals surface area contributed by atoms with E-state index in [0.29, 0.717) is 6.10 Å². The Labute approximate surface area is 86.6 Å². The third kappa shape index (κ3) is 1.82. The van der Waals surface area contributed by atoms with Gasteiger partial charge in [-0.3, -0.25) is 0 Å². The molecule has 2 nitrogen and oxygen atoms in total. The monoisotopic (exact) mass is 198 g/mol. The molecule has 0 aromatic rings. The lowest BCUT2D eigenvalue weighted by Crippen LogP contribution is -2.38. The van der Waals surface area contributed by atoms with Gasteiger partial charge in [-0.1, -0.05) is 12.8 Å². The van der Waals surface area contributed by atoms with Crippen LogP contribution in [0, 0.1) is 5.92 Å². The first kappa shape index (κ1) is 10.4. The molecule has 0 bridgehead atoms. The molecule has 1 aliphatic carbocycles. The number of hydrogen-bond acceptors (Lipinski definition) is 2. The van der Waals surface area contributed by atoms with Crippen LogP contribution in [0.2, 0.25) is 0 Å². The SMILES string of the molecule is C[C@H](O)[C@@]1(C)CC[C@H](C2CCCC2)O1. The van der Waals surface area contributed by atoms with Gasteiger partial charge in [0.2, 0.25) is 0 Å². The molecule has 0 unspecified atom stereocenters. The van der Waals surface area contributed by atoms with Gasteiger partial charge >= 0.3 is 0 Å². The lowest BCUT2D eigenvalue weighted by atomic mass is 9.94. The lowest BCUT2D eigenvalue weighted by Gasteiger charge is -2.29. The van der Waals surface area contributed by atoms with Crippen molar-refractivity contribution in [3.8, 4) is 0 Å². The zero-order valence-corrected chi connectivity index (χ0v) is 9.33. The molecule has 1 saturated carbocycles. The van der Waals surface area contributed by atoms with Gasteiger partial charge in [-0.2, -0.15) is 0 Å². The summed E-state index contributed by atoms with van der Waals surface area (Å²) in [6.07, 6.45) is 7.66. The molecule has 0 aromatic heterocycles. The van der Waals surface area contributed by atoms with Crippen LogP contribution in [0.1, 0.15) is 52.4 Å². The minimum absolute atomic E-state index is 0.271. The van der Waals surface area contributed by atoms with E-state index in [9.17, 15) is 5.11 Å². The maximum Gasteiger partial charge on any atom is 0.0914 e. The topological polar surface area (TPSA) is 29.5 Å². The molecule has 82 valence electrons. The van der Waals surface area contributed by atoms with Crippen LogP contribution in [0.15, 0.2) is 0 Å². The summed E-state index contributed by atoms with van der Waals surface area (Å²) >= 11 is 0. The van der Waals surface area contributed by atoms with Crippen molar-refractivity contribution in [3.05, 3.63) is 0 Å². The maximum absolute atomic E-state index is 9.65. The predicted octanol–water partition coefficient (Wildman–Crippen LogP) is 2.50. The van der Waals surface area contributed by atoms with E-state index in [1.807, 2.05) is 13.8 Å². The Hall–Kier alpha value is -0.0800. The molecule has 14 heavy (non-hydrogen) atoms. The normalized spacial score (nSPS) is 41.8. The second-order valence-electron chi connectivity index (χ2n) is 5.23. The first-order chi connectivity index (χ1) is 6.62. The highest BCUT2D eigenvalue weighted by molar-refractivity contribution is 4.92. The first-order valence-electron chi connectivity index (χ1n) is 5.98. The molecule has 3 atom stereocenters. The molecular formula is C12H22O2. The summed E-state index contributed by atoms with van der Waals surface area (Å²) in [6, 6.07) is 0. The quantitative estimate of drug-likeness (QED) is 0.738. The largest absolute Gasteiger partial charge is 0.390 e. The van der Waals surface area contributed by atoms with Gasteiger partial charge in [0.1, 0.15) is 0 Å². The lowest BCUT2D eigenvalue weighted by molar-refractivity contribution is -0.110. The van der Waals surface area contributed by atoms with Gasteiger partial charge in [0, 0.05) is 0 Å². The molecule has 0 radical (unpaired) electrons. The van der Waals surface area contributed by atoms with Crippen molar-refractivity contribution in [2.24, 2.45) is 5.92 Å². The van der Waals surface area contributed by atoms with Crippen molar-refractivity contribution < 1.29 is 9.84 Å². The van der Waals surface area contributed by atoms with E-state index < -0.39 is 0 Å². The molecule has 2 aliphatic rings. The molecule has 2 rings (SSSR count). The molecule has 1 N–H and O–H groups in total. The second-order valence-corrected chi connectivity index (χ2v) is 5.23. The molecule has 2 fully saturated rings. The van der Waals surface area contributed by atoms with Gasteiger partial charge in [-0.25, -0.2) is 0 Å². The Morgan fingerprint density at radius 3 is 2.43 bits per heavy atom. The third-order valence-corrected chi connectivity index (χ3v) is 4.16. The van der Waals surface area contributed by atoms with E-state index in [2.05, 4.69) is 0 Å². The van der Waals surface area contributed by atoms with Crippen LogP contribution in [0.3, 0.4) is 0 Å². The van der Waals surface area contributed by atoms with Crippen LogP contribution < -0.4 is 0 Å². The highest BCUT2D eigenvalue weighted by Gasteiger charge is 2.42. The summed E-state index contributed by atoms with van der Waals surface area (Å²) < 4.78 is 6.04. The number of aliphatic hydroxyl groups excluding tert-OH is 1. The summed E-state index contributed by atoms with van der Waals surface area (Å²) in [7, 11) is 0. The van der Waals surface area contributed by atoms with Gasteiger partial charge in [-0.15, -0.1) is 0 Å². The fourth-order valence-electron chi connectivity index (χ4n) is 2.86. The van der Waals surface area contributed by atoms with Crippen molar-refractivity contribution >= 4 is 0 Å². The van der Waals surface area contributed by atoms with E-state index in [0.717, 1.165) is 18.8 Å². The van der Waals surface area contributed by atoms with Crippen molar-refractivity contribution in [1.82, 2.24) is 0 Å². The van der Waals surface area contributed by atoms with E-state index in [-0.39, 0.29) is 11.7 Å². The minimum Gasteiger partial charge on any atom is -0.390 e. The molecule has 0 aromatic carbocycles. The van der Waals surface area contributed by atoms with Crippen molar-refractivity contribution in [3.63, 3.8) is 0 Å². The van der Waals surface area contributed by atoms with Crippen LogP contribution in [0.4, 0.5) is 0 Å². The van der Waals surface area contributed by atoms with Crippen LogP contribution in [0.25, 0.3) is 0 Å². The zero-order valence-electron chi connectivity index (χ0n) is 9.33. The van der Waals surface area contributed by atoms with Gasteiger partial charge in [-0.05, 0) is 45.4 Å². The van der Waals surface area contributed by atoms with Gasteiger partial charge in [0.05, 0.1) is 17.8 Å². The Bertz CT molecular complexity index is 196. The minimum atomic E-state index is -0.339. The summed E-state index contributed by atoms with van der Waals surface area (Å²) in [5, 5.41) is 9.65. The first-order valence-corrected chi connectivity index (χ1v) is 5.98. The Balaban J connectivity index is 1.93. The number of ether oxygens (including phenoxy) is 1. The van der Waals surface area contributed by atoms with E-state index in [4.69, 9.17) is 4.74 Å². The van der Waals surface area contributed by atoms with E-state index >= 15 is 0 Å². The average Bonchev–Trinajstić information content (AvgIpc) is 2.72. The van der Waals surface area contributed by atoms with E-state index in [1.165, 1.54) is 25.7 Å². The molecule has 1 heterocycles. The highest BCUT2D eigenvalue weighted by atomic mass is 16.5. The second kappa shape index (κ2) is 3.82. The summed E-state index contributed by atoms with van der Waals surface area (Å²) in [5.41, 5.74) is -0.271. The van der Waals surface area contributed by atoms with Crippen molar-refractivity contribution in [2.45, 2.75) is 70.2 Å². The predicted molar refractivity (Wildman–Crippen MR) is 56.2 cm³/mol. The summed E-state index contributed by atoms with van der Waals surface area (Å²) in [6.45, 7) is 3.89. The smallest absolute Gasteiger partial charge is 0.0914 e. The molecule has 0 amide bonds. The summed E-state index contributed by atoms with van der Waals surface area (Å²) in [4.78, 5) is 0. The number of hydrogen-bond donors (Lipinski definition) is 1. The van der Waals surface area contributed by atoms with Gasteiger partial charge < -0.3 is 9.84 Å². The highest BCUT2D eigenvalue weighted by Crippen LogP contribution is 2.41. The van der Waals surface area contributed by atoms with Crippen molar-refractivity contribution in [1.29, 1.82) is 0 Å². The Morgan fingerprint density at radius 1 is 1.29 bits per heavy atom. The Morgan fingerprint density at radius 2 is 1.93 bits per heavy atom. The van der Waals surface area contributed by atoms with Crippen LogP contribution >= 0.6 is 0 Å². The number of rotatable bonds is 2. The fourth-order valence-corrected chi connectivity index (χ4v) is 2.86. The van der Waals surface area contributed by atoms with Crippen molar-refractivity contribution in [2.75, 3.05) is 0 Å². The molecule has 1 aliphatic heterocycles. The summed E-state index contributed by atoms with van der Waals surface area (Å²) in [5.74, 6) is 0.774. The standard InChI is InChI=1S/C12H22O2/c1-9(13)12(2)8-7-11(14-12)10-5-3-4-6-10/h9-11,13H,3-8H2,1-2H3/t9-,11+,12+/m0/s1. The Kier molecular flexibility index (Phi) is 2.85. The van der Waals surface area contributed by atoms with Crippen LogP contribution in [-0.2, 0) is 4.74 Å². The van der Waals surface area contributed by atoms with Crippen LogP contribution in [0.5, 0.6) is 0 Å². The zero-order chi connectivity index (χ0) is 10.2. The third-order valence-electron chi connectivity index (χ3n) is 4.16. The maximum atomic E-state index is 9.65. The average molecular weight is 198 g/mol. The molecule has 2 heteroatoms. The van der Waals surface area contributed by atoms with Gasteiger partial charge in [0.15, 0.2) is 0 Å². The molecular weight excluding hydrogens is 176 g/mol.